The lowest BCUT2D eigenvalue weighted by Crippen LogP contribution is -2.30. The van der Waals surface area contributed by atoms with Gasteiger partial charge in [-0.3, -0.25) is 4.79 Å². The number of nitrogens with two attached hydrogens (primary N) is 1. The lowest BCUT2D eigenvalue weighted by molar-refractivity contribution is -0.132. The molecule has 2 atom stereocenters. The van der Waals surface area contributed by atoms with E-state index in [0.717, 1.165) is 35.1 Å². The van der Waals surface area contributed by atoms with Crippen LogP contribution < -0.4 is 10.5 Å². The minimum atomic E-state index is -0.404. The number of rotatable bonds is 3. The first-order chi connectivity index (χ1) is 10.1. The van der Waals surface area contributed by atoms with Crippen molar-refractivity contribution < 1.29 is 9.53 Å². The molecule has 1 heterocycles. The first-order valence-electron chi connectivity index (χ1n) is 7.27. The molecular weight excluding hydrogens is 264 g/mol. The molecule has 0 spiro atoms. The number of fused-ring (bicyclic) bond motifs is 1. The number of hydrogen-bond donors (Lipinski definition) is 1. The van der Waals surface area contributed by atoms with E-state index in [-0.39, 0.29) is 11.9 Å². The van der Waals surface area contributed by atoms with Gasteiger partial charge >= 0.3 is 0 Å². The van der Waals surface area contributed by atoms with Crippen molar-refractivity contribution in [1.29, 1.82) is 0 Å². The standard InChI is InChI=1S/C17H20N2O2/c1-11(18)13-8-7-12-5-3-4-6-14(12)16(13)21-15-9-10-19(2)17(15)20/h3-8,11,15H,9-10,18H2,1-2H3. The fraction of sp³-hybridized carbons (Fsp3) is 0.353. The van der Waals surface area contributed by atoms with Gasteiger partial charge in [0.15, 0.2) is 6.10 Å². The van der Waals surface area contributed by atoms with Crippen LogP contribution in [0.15, 0.2) is 36.4 Å². The lowest BCUT2D eigenvalue weighted by Gasteiger charge is -2.20. The van der Waals surface area contributed by atoms with Crippen LogP contribution in [0, 0.1) is 0 Å². The minimum absolute atomic E-state index is 0.0403. The average molecular weight is 284 g/mol. The number of likely N-dealkylation sites (tertiary alicyclic amines) is 1. The van der Waals surface area contributed by atoms with Crippen LogP contribution in [0.1, 0.15) is 24.9 Å². The van der Waals surface area contributed by atoms with Crippen LogP contribution in [0.5, 0.6) is 5.75 Å². The second kappa shape index (κ2) is 5.37. The summed E-state index contributed by atoms with van der Waals surface area (Å²) in [6, 6.07) is 11.9. The second-order valence-corrected chi connectivity index (χ2v) is 5.65. The van der Waals surface area contributed by atoms with Crippen molar-refractivity contribution in [2.75, 3.05) is 13.6 Å². The van der Waals surface area contributed by atoms with Gasteiger partial charge in [-0.15, -0.1) is 0 Å². The maximum absolute atomic E-state index is 12.1. The highest BCUT2D eigenvalue weighted by Crippen LogP contribution is 2.34. The Morgan fingerprint density at radius 1 is 1.29 bits per heavy atom. The molecule has 1 fully saturated rings. The van der Waals surface area contributed by atoms with E-state index < -0.39 is 6.10 Å². The van der Waals surface area contributed by atoms with Crippen molar-refractivity contribution in [3.8, 4) is 5.75 Å². The van der Waals surface area contributed by atoms with Gasteiger partial charge in [0.2, 0.25) is 0 Å². The van der Waals surface area contributed by atoms with E-state index in [4.69, 9.17) is 10.5 Å². The van der Waals surface area contributed by atoms with E-state index in [1.54, 1.807) is 11.9 Å². The van der Waals surface area contributed by atoms with Gasteiger partial charge < -0.3 is 15.4 Å². The van der Waals surface area contributed by atoms with E-state index >= 15 is 0 Å². The first-order valence-corrected chi connectivity index (χ1v) is 7.27. The average Bonchev–Trinajstić information content (AvgIpc) is 2.79. The summed E-state index contributed by atoms with van der Waals surface area (Å²) in [5.41, 5.74) is 7.01. The highest BCUT2D eigenvalue weighted by molar-refractivity contribution is 5.90. The van der Waals surface area contributed by atoms with E-state index in [1.165, 1.54) is 0 Å². The van der Waals surface area contributed by atoms with Crippen LogP contribution in [0.4, 0.5) is 0 Å². The molecule has 1 saturated heterocycles. The van der Waals surface area contributed by atoms with Gasteiger partial charge in [0, 0.05) is 37.0 Å². The molecule has 4 nitrogen and oxygen atoms in total. The molecule has 0 aromatic heterocycles. The zero-order chi connectivity index (χ0) is 15.0. The SMILES string of the molecule is CC(N)c1ccc2ccccc2c1OC1CCN(C)C1=O. The fourth-order valence-corrected chi connectivity index (χ4v) is 2.79. The molecule has 0 aliphatic carbocycles. The highest BCUT2D eigenvalue weighted by atomic mass is 16.5. The summed E-state index contributed by atoms with van der Waals surface area (Å²) in [6.45, 7) is 2.67. The number of carbonyl (C=O) groups is 1. The number of nitrogens with zero attached hydrogens (tertiary/aromatic N) is 1. The summed E-state index contributed by atoms with van der Waals surface area (Å²) in [5.74, 6) is 0.787. The predicted molar refractivity (Wildman–Crippen MR) is 83.2 cm³/mol. The van der Waals surface area contributed by atoms with Gasteiger partial charge in [-0.05, 0) is 12.3 Å². The molecule has 1 aliphatic heterocycles. The van der Waals surface area contributed by atoms with Crippen LogP contribution in [-0.4, -0.2) is 30.5 Å². The molecule has 2 aromatic carbocycles. The van der Waals surface area contributed by atoms with Gasteiger partial charge in [0.1, 0.15) is 5.75 Å². The largest absolute Gasteiger partial charge is 0.480 e. The number of ether oxygens (including phenoxy) is 1. The zero-order valence-corrected chi connectivity index (χ0v) is 12.4. The normalized spacial score (nSPS) is 20.0. The highest BCUT2D eigenvalue weighted by Gasteiger charge is 2.32. The van der Waals surface area contributed by atoms with Crippen LogP contribution >= 0.6 is 0 Å². The Morgan fingerprint density at radius 2 is 2.05 bits per heavy atom. The topological polar surface area (TPSA) is 55.6 Å². The third-order valence-corrected chi connectivity index (χ3v) is 4.04. The van der Waals surface area contributed by atoms with E-state index in [2.05, 4.69) is 0 Å². The van der Waals surface area contributed by atoms with Crippen LogP contribution in [0.25, 0.3) is 10.8 Å². The van der Waals surface area contributed by atoms with Crippen molar-refractivity contribution in [1.82, 2.24) is 4.90 Å². The minimum Gasteiger partial charge on any atom is -0.480 e. The van der Waals surface area contributed by atoms with Crippen LogP contribution in [0.2, 0.25) is 0 Å². The number of hydrogen-bond acceptors (Lipinski definition) is 3. The van der Waals surface area contributed by atoms with E-state index in [0.29, 0.717) is 0 Å². The fourth-order valence-electron chi connectivity index (χ4n) is 2.79. The Balaban J connectivity index is 2.06. The summed E-state index contributed by atoms with van der Waals surface area (Å²) < 4.78 is 6.09. The molecule has 110 valence electrons. The number of amides is 1. The van der Waals surface area contributed by atoms with Crippen molar-refractivity contribution in [3.05, 3.63) is 42.0 Å². The molecule has 3 rings (SSSR count). The maximum atomic E-state index is 12.1. The summed E-state index contributed by atoms with van der Waals surface area (Å²) in [5, 5.41) is 2.10. The van der Waals surface area contributed by atoms with Crippen molar-refractivity contribution in [2.45, 2.75) is 25.5 Å². The van der Waals surface area contributed by atoms with Crippen molar-refractivity contribution >= 4 is 16.7 Å². The molecule has 4 heteroatoms. The Morgan fingerprint density at radius 3 is 2.71 bits per heavy atom. The van der Waals surface area contributed by atoms with Crippen molar-refractivity contribution in [2.24, 2.45) is 5.73 Å². The number of likely N-dealkylation sites (N-methyl/N-ethyl adjacent to an activating group) is 1. The Labute approximate surface area is 124 Å². The van der Waals surface area contributed by atoms with E-state index in [9.17, 15) is 4.79 Å². The van der Waals surface area contributed by atoms with Gasteiger partial charge in [-0.25, -0.2) is 0 Å². The molecule has 1 aliphatic rings. The first kappa shape index (κ1) is 13.9. The molecule has 2 N–H and O–H groups in total. The Hall–Kier alpha value is -2.07. The molecule has 1 amide bonds. The third kappa shape index (κ3) is 2.47. The Bertz CT molecular complexity index is 682. The van der Waals surface area contributed by atoms with Crippen molar-refractivity contribution in [3.63, 3.8) is 0 Å². The quantitative estimate of drug-likeness (QED) is 0.942. The molecule has 21 heavy (non-hydrogen) atoms. The lowest BCUT2D eigenvalue weighted by atomic mass is 10.0. The van der Waals surface area contributed by atoms with Crippen LogP contribution in [-0.2, 0) is 4.79 Å². The number of benzene rings is 2. The van der Waals surface area contributed by atoms with Gasteiger partial charge in [-0.2, -0.15) is 0 Å². The van der Waals surface area contributed by atoms with Gasteiger partial charge in [-0.1, -0.05) is 36.4 Å². The summed E-state index contributed by atoms with van der Waals surface area (Å²) in [6.07, 6.45) is 0.315. The third-order valence-electron chi connectivity index (χ3n) is 4.04. The molecule has 2 unspecified atom stereocenters. The smallest absolute Gasteiger partial charge is 0.263 e. The molecule has 0 radical (unpaired) electrons. The predicted octanol–water partition coefficient (Wildman–Crippen LogP) is 2.47. The van der Waals surface area contributed by atoms with E-state index in [1.807, 2.05) is 43.3 Å². The summed E-state index contributed by atoms with van der Waals surface area (Å²) >= 11 is 0. The monoisotopic (exact) mass is 284 g/mol. The molecule has 0 bridgehead atoms. The summed E-state index contributed by atoms with van der Waals surface area (Å²) in [4.78, 5) is 13.8. The molecule has 2 aromatic rings. The molecular formula is C17H20N2O2. The Kier molecular flexibility index (Phi) is 3.55. The van der Waals surface area contributed by atoms with Gasteiger partial charge in [0.25, 0.3) is 5.91 Å². The van der Waals surface area contributed by atoms with Gasteiger partial charge in [0.05, 0.1) is 0 Å². The molecule has 0 saturated carbocycles. The van der Waals surface area contributed by atoms with Crippen LogP contribution in [0.3, 0.4) is 0 Å². The zero-order valence-electron chi connectivity index (χ0n) is 12.4. The number of carbonyl (C=O) groups excluding carboxylic acids is 1. The maximum Gasteiger partial charge on any atom is 0.263 e. The summed E-state index contributed by atoms with van der Waals surface area (Å²) in [7, 11) is 1.81. The second-order valence-electron chi connectivity index (χ2n) is 5.65.